The lowest BCUT2D eigenvalue weighted by Crippen LogP contribution is -2.36. The Morgan fingerprint density at radius 2 is 1.85 bits per heavy atom. The van der Waals surface area contributed by atoms with E-state index in [9.17, 15) is 4.79 Å². The van der Waals surface area contributed by atoms with Crippen molar-refractivity contribution < 1.29 is 14.6 Å². The summed E-state index contributed by atoms with van der Waals surface area (Å²) in [7, 11) is 0. The molecule has 0 bridgehead atoms. The first-order valence-electron chi connectivity index (χ1n) is 7.08. The second-order valence-electron chi connectivity index (χ2n) is 5.07. The molecule has 0 saturated carbocycles. The molecule has 1 N–H and O–H groups in total. The van der Waals surface area contributed by atoms with Crippen LogP contribution in [0.3, 0.4) is 0 Å². The molecule has 0 radical (unpaired) electrons. The number of hydrogen-bond donors (Lipinski definition) is 1. The summed E-state index contributed by atoms with van der Waals surface area (Å²) in [5, 5.41) is 8.83. The number of aliphatic hydroxyl groups is 1. The van der Waals surface area contributed by atoms with Gasteiger partial charge in [-0.15, -0.1) is 0 Å². The molecule has 20 heavy (non-hydrogen) atoms. The Morgan fingerprint density at radius 3 is 2.35 bits per heavy atom. The number of amides is 1. The summed E-state index contributed by atoms with van der Waals surface area (Å²) in [4.78, 5) is 13.8. The molecule has 0 fully saturated rings. The zero-order valence-corrected chi connectivity index (χ0v) is 12.9. The number of ether oxygens (including phenoxy) is 1. The Bertz CT molecular complexity index is 434. The summed E-state index contributed by atoms with van der Waals surface area (Å²) >= 11 is 0. The van der Waals surface area contributed by atoms with Crippen LogP contribution in [0, 0.1) is 20.8 Å². The molecule has 0 spiro atoms. The molecule has 1 aromatic rings. The molecule has 1 amide bonds. The van der Waals surface area contributed by atoms with Crippen molar-refractivity contribution in [3.8, 4) is 5.75 Å². The van der Waals surface area contributed by atoms with E-state index in [-0.39, 0.29) is 19.1 Å². The first kappa shape index (κ1) is 16.5. The minimum atomic E-state index is -0.0414. The van der Waals surface area contributed by atoms with E-state index in [0.717, 1.165) is 16.9 Å². The number of nitrogens with zero attached hydrogens (tertiary/aromatic N) is 1. The molecule has 1 rings (SSSR count). The first-order chi connectivity index (χ1) is 9.49. The molecule has 4 heteroatoms. The molecule has 0 unspecified atom stereocenters. The number of aliphatic hydroxyl groups excluding tert-OH is 1. The lowest BCUT2D eigenvalue weighted by molar-refractivity contribution is -0.133. The van der Waals surface area contributed by atoms with Crippen LogP contribution in [0.15, 0.2) is 12.1 Å². The SMILES string of the molecule is CCN(CCCO)C(=O)COc1c(C)cc(C)cc1C. The molecule has 0 aliphatic carbocycles. The number of likely N-dealkylation sites (N-methyl/N-ethyl adjacent to an activating group) is 1. The zero-order valence-electron chi connectivity index (χ0n) is 12.9. The first-order valence-corrected chi connectivity index (χ1v) is 7.08. The van der Waals surface area contributed by atoms with E-state index in [2.05, 4.69) is 12.1 Å². The topological polar surface area (TPSA) is 49.8 Å². The second-order valence-corrected chi connectivity index (χ2v) is 5.07. The maximum absolute atomic E-state index is 12.1. The van der Waals surface area contributed by atoms with Crippen molar-refractivity contribution in [3.05, 3.63) is 28.8 Å². The highest BCUT2D eigenvalue weighted by Crippen LogP contribution is 2.24. The Morgan fingerprint density at radius 1 is 1.25 bits per heavy atom. The van der Waals surface area contributed by atoms with Gasteiger partial charge < -0.3 is 14.7 Å². The number of hydrogen-bond acceptors (Lipinski definition) is 3. The second kappa shape index (κ2) is 7.90. The van der Waals surface area contributed by atoms with Gasteiger partial charge in [0.05, 0.1) is 0 Å². The minimum Gasteiger partial charge on any atom is -0.483 e. The average molecular weight is 279 g/mol. The van der Waals surface area contributed by atoms with Crippen molar-refractivity contribution >= 4 is 5.91 Å². The standard InChI is InChI=1S/C16H25NO3/c1-5-17(7-6-8-18)15(19)11-20-16-13(3)9-12(2)10-14(16)4/h9-10,18H,5-8,11H2,1-4H3. The van der Waals surface area contributed by atoms with E-state index in [4.69, 9.17) is 9.84 Å². The summed E-state index contributed by atoms with van der Waals surface area (Å²) in [5.41, 5.74) is 3.29. The van der Waals surface area contributed by atoms with Gasteiger partial charge in [0.1, 0.15) is 5.75 Å². The predicted molar refractivity (Wildman–Crippen MR) is 80.1 cm³/mol. The van der Waals surface area contributed by atoms with Crippen LogP contribution in [0.2, 0.25) is 0 Å². The fourth-order valence-electron chi connectivity index (χ4n) is 2.34. The molecule has 0 aliphatic rings. The Balaban J connectivity index is 2.64. The Labute approximate surface area is 121 Å². The molecule has 0 heterocycles. The normalized spacial score (nSPS) is 10.4. The van der Waals surface area contributed by atoms with E-state index in [0.29, 0.717) is 19.5 Å². The molecule has 4 nitrogen and oxygen atoms in total. The maximum atomic E-state index is 12.1. The third kappa shape index (κ3) is 4.53. The van der Waals surface area contributed by atoms with Gasteiger partial charge in [0, 0.05) is 19.7 Å². The van der Waals surface area contributed by atoms with Gasteiger partial charge in [0.2, 0.25) is 0 Å². The molecule has 112 valence electrons. The lowest BCUT2D eigenvalue weighted by Gasteiger charge is -2.21. The van der Waals surface area contributed by atoms with Gasteiger partial charge in [-0.2, -0.15) is 0 Å². The quantitative estimate of drug-likeness (QED) is 0.832. The Kier molecular flexibility index (Phi) is 6.52. The molecule has 0 aliphatic heterocycles. The molecule has 1 aromatic carbocycles. The number of aryl methyl sites for hydroxylation is 3. The van der Waals surface area contributed by atoms with Crippen molar-refractivity contribution in [1.29, 1.82) is 0 Å². The highest BCUT2D eigenvalue weighted by atomic mass is 16.5. The summed E-state index contributed by atoms with van der Waals surface area (Å²) in [6, 6.07) is 4.10. The van der Waals surface area contributed by atoms with Crippen LogP contribution in [0.1, 0.15) is 30.0 Å². The number of carbonyl (C=O) groups is 1. The minimum absolute atomic E-state index is 0.0414. The van der Waals surface area contributed by atoms with Gasteiger partial charge >= 0.3 is 0 Å². The summed E-state index contributed by atoms with van der Waals surface area (Å²) in [6.45, 7) is 9.30. The van der Waals surface area contributed by atoms with E-state index >= 15 is 0 Å². The van der Waals surface area contributed by atoms with Crippen LogP contribution >= 0.6 is 0 Å². The van der Waals surface area contributed by atoms with Crippen molar-refractivity contribution in [1.82, 2.24) is 4.90 Å². The zero-order chi connectivity index (χ0) is 15.1. The van der Waals surface area contributed by atoms with Gasteiger partial charge in [0.15, 0.2) is 6.61 Å². The van der Waals surface area contributed by atoms with Crippen LogP contribution < -0.4 is 4.74 Å². The maximum Gasteiger partial charge on any atom is 0.260 e. The van der Waals surface area contributed by atoms with Crippen LogP contribution in [0.4, 0.5) is 0 Å². The highest BCUT2D eigenvalue weighted by Gasteiger charge is 2.13. The fraction of sp³-hybridized carbons (Fsp3) is 0.562. The van der Waals surface area contributed by atoms with Crippen molar-refractivity contribution in [3.63, 3.8) is 0 Å². The average Bonchev–Trinajstić information content (AvgIpc) is 2.38. The molecular weight excluding hydrogens is 254 g/mol. The summed E-state index contributed by atoms with van der Waals surface area (Å²) in [6.07, 6.45) is 0.599. The lowest BCUT2D eigenvalue weighted by atomic mass is 10.1. The number of rotatable bonds is 7. The number of carbonyl (C=O) groups excluding carboxylic acids is 1. The molecular formula is C16H25NO3. The molecule has 0 aromatic heterocycles. The van der Waals surface area contributed by atoms with Crippen molar-refractivity contribution in [2.75, 3.05) is 26.3 Å². The van der Waals surface area contributed by atoms with E-state index in [1.54, 1.807) is 4.90 Å². The monoisotopic (exact) mass is 279 g/mol. The van der Waals surface area contributed by atoms with Gasteiger partial charge in [-0.25, -0.2) is 0 Å². The van der Waals surface area contributed by atoms with E-state index < -0.39 is 0 Å². The van der Waals surface area contributed by atoms with Crippen LogP contribution in [-0.2, 0) is 4.79 Å². The fourth-order valence-corrected chi connectivity index (χ4v) is 2.34. The van der Waals surface area contributed by atoms with Gasteiger partial charge in [-0.3, -0.25) is 4.79 Å². The third-order valence-corrected chi connectivity index (χ3v) is 3.27. The molecule has 0 saturated heterocycles. The highest BCUT2D eigenvalue weighted by molar-refractivity contribution is 5.77. The van der Waals surface area contributed by atoms with E-state index in [1.165, 1.54) is 5.56 Å². The summed E-state index contributed by atoms with van der Waals surface area (Å²) < 4.78 is 5.69. The molecule has 0 atom stereocenters. The van der Waals surface area contributed by atoms with Gasteiger partial charge in [0.25, 0.3) is 5.91 Å². The van der Waals surface area contributed by atoms with Gasteiger partial charge in [-0.05, 0) is 45.2 Å². The smallest absolute Gasteiger partial charge is 0.260 e. The number of benzene rings is 1. The predicted octanol–water partition coefficient (Wildman–Crippen LogP) is 2.22. The van der Waals surface area contributed by atoms with Crippen molar-refractivity contribution in [2.45, 2.75) is 34.1 Å². The van der Waals surface area contributed by atoms with E-state index in [1.807, 2.05) is 27.7 Å². The van der Waals surface area contributed by atoms with Crippen LogP contribution in [-0.4, -0.2) is 42.2 Å². The van der Waals surface area contributed by atoms with Crippen LogP contribution in [0.5, 0.6) is 5.75 Å². The largest absolute Gasteiger partial charge is 0.483 e. The third-order valence-electron chi connectivity index (χ3n) is 3.27. The van der Waals surface area contributed by atoms with Gasteiger partial charge in [-0.1, -0.05) is 17.7 Å². The van der Waals surface area contributed by atoms with Crippen molar-refractivity contribution in [2.24, 2.45) is 0 Å². The van der Waals surface area contributed by atoms with Crippen LogP contribution in [0.25, 0.3) is 0 Å². The Hall–Kier alpha value is -1.55. The summed E-state index contributed by atoms with van der Waals surface area (Å²) in [5.74, 6) is 0.752.